The number of rotatable bonds is 7. The molecule has 1 aromatic carbocycles. The summed E-state index contributed by atoms with van der Waals surface area (Å²) in [5.74, 6) is 0.675. The molecule has 3 atom stereocenters. The molecule has 0 bridgehead atoms. The van der Waals surface area contributed by atoms with Crippen molar-refractivity contribution in [1.29, 1.82) is 0 Å². The highest BCUT2D eigenvalue weighted by Crippen LogP contribution is 2.35. The predicted molar refractivity (Wildman–Crippen MR) is 98.4 cm³/mol. The normalized spacial score (nSPS) is 26.8. The number of allylic oxidation sites excluding steroid dienone is 1. The molecule has 0 aliphatic heterocycles. The first-order chi connectivity index (χ1) is 11.8. The summed E-state index contributed by atoms with van der Waals surface area (Å²) < 4.78 is 11.5. The summed E-state index contributed by atoms with van der Waals surface area (Å²) in [4.78, 5) is 0. The van der Waals surface area contributed by atoms with Gasteiger partial charge in [0.05, 0.1) is 25.9 Å². The average molecular weight is 329 g/mol. The summed E-state index contributed by atoms with van der Waals surface area (Å²) >= 11 is 0. The summed E-state index contributed by atoms with van der Waals surface area (Å²) in [5.41, 5.74) is 10.6. The van der Waals surface area contributed by atoms with Crippen LogP contribution in [0.1, 0.15) is 55.2 Å². The van der Waals surface area contributed by atoms with Crippen LogP contribution in [0.3, 0.4) is 0 Å². The molecule has 2 aliphatic carbocycles. The maximum Gasteiger partial charge on any atom is 0.0704 e. The third-order valence-electron chi connectivity index (χ3n) is 5.39. The molecule has 3 heteroatoms. The number of fused-ring (bicyclic) bond motifs is 1. The van der Waals surface area contributed by atoms with E-state index in [0.717, 1.165) is 25.7 Å². The highest BCUT2D eigenvalue weighted by atomic mass is 16.5. The molecule has 0 saturated heterocycles. The van der Waals surface area contributed by atoms with Crippen molar-refractivity contribution in [3.05, 3.63) is 47.0 Å². The largest absolute Gasteiger partial charge is 0.375 e. The van der Waals surface area contributed by atoms with E-state index in [2.05, 4.69) is 18.2 Å². The van der Waals surface area contributed by atoms with E-state index in [1.165, 1.54) is 29.5 Å². The Hall–Kier alpha value is -1.16. The van der Waals surface area contributed by atoms with Crippen molar-refractivity contribution in [3.63, 3.8) is 0 Å². The Kier molecular flexibility index (Phi) is 6.47. The van der Waals surface area contributed by atoms with E-state index in [-0.39, 0.29) is 0 Å². The lowest BCUT2D eigenvalue weighted by atomic mass is 9.86. The van der Waals surface area contributed by atoms with E-state index < -0.39 is 0 Å². The van der Waals surface area contributed by atoms with E-state index in [0.29, 0.717) is 37.9 Å². The summed E-state index contributed by atoms with van der Waals surface area (Å²) in [6.45, 7) is 4.05. The molecule has 0 radical (unpaired) electrons. The van der Waals surface area contributed by atoms with Gasteiger partial charge in [0.15, 0.2) is 0 Å². The van der Waals surface area contributed by atoms with Crippen molar-refractivity contribution in [3.8, 4) is 0 Å². The van der Waals surface area contributed by atoms with Crippen molar-refractivity contribution in [2.45, 2.75) is 63.5 Å². The molecule has 132 valence electrons. The van der Waals surface area contributed by atoms with Crippen LogP contribution in [0.15, 0.2) is 30.4 Å². The maximum atomic E-state index is 6.07. The van der Waals surface area contributed by atoms with Crippen LogP contribution in [0.5, 0.6) is 0 Å². The highest BCUT2D eigenvalue weighted by Gasteiger charge is 2.25. The van der Waals surface area contributed by atoms with Gasteiger partial charge in [-0.25, -0.2) is 0 Å². The van der Waals surface area contributed by atoms with Crippen LogP contribution >= 0.6 is 0 Å². The minimum Gasteiger partial charge on any atom is -0.375 e. The van der Waals surface area contributed by atoms with E-state index in [1.54, 1.807) is 0 Å². The summed E-state index contributed by atoms with van der Waals surface area (Å²) in [6.07, 6.45) is 11.2. The first kappa shape index (κ1) is 17.7. The Morgan fingerprint density at radius 3 is 2.88 bits per heavy atom. The van der Waals surface area contributed by atoms with Gasteiger partial charge in [0.1, 0.15) is 0 Å². The first-order valence-corrected chi connectivity index (χ1v) is 9.44. The quantitative estimate of drug-likeness (QED) is 0.612. The second kappa shape index (κ2) is 8.80. The van der Waals surface area contributed by atoms with E-state index >= 15 is 0 Å². The monoisotopic (exact) mass is 329 g/mol. The van der Waals surface area contributed by atoms with Gasteiger partial charge in [-0.3, -0.25) is 0 Å². The van der Waals surface area contributed by atoms with Gasteiger partial charge >= 0.3 is 0 Å². The topological polar surface area (TPSA) is 44.5 Å². The number of aryl methyl sites for hydroxylation is 1. The Balaban J connectivity index is 1.47. The molecule has 1 saturated carbocycles. The molecule has 24 heavy (non-hydrogen) atoms. The Bertz CT molecular complexity index is 555. The van der Waals surface area contributed by atoms with Gasteiger partial charge in [0, 0.05) is 6.04 Å². The molecule has 1 fully saturated rings. The van der Waals surface area contributed by atoms with Gasteiger partial charge in [-0.15, -0.1) is 0 Å². The fraction of sp³-hybridized carbons (Fsp3) is 0.619. The third kappa shape index (κ3) is 4.69. The van der Waals surface area contributed by atoms with E-state index in [4.69, 9.17) is 15.2 Å². The van der Waals surface area contributed by atoms with Crippen LogP contribution in [-0.4, -0.2) is 32.0 Å². The fourth-order valence-corrected chi connectivity index (χ4v) is 3.98. The van der Waals surface area contributed by atoms with Crippen LogP contribution in [0.4, 0.5) is 0 Å². The van der Waals surface area contributed by atoms with Crippen LogP contribution < -0.4 is 5.73 Å². The molecule has 3 unspecified atom stereocenters. The van der Waals surface area contributed by atoms with Crippen molar-refractivity contribution < 1.29 is 9.47 Å². The van der Waals surface area contributed by atoms with Gasteiger partial charge in [-0.05, 0) is 68.1 Å². The zero-order valence-electron chi connectivity index (χ0n) is 14.9. The van der Waals surface area contributed by atoms with Crippen molar-refractivity contribution in [2.24, 2.45) is 5.73 Å². The lowest BCUT2D eigenvalue weighted by molar-refractivity contribution is 0.00491. The molecule has 3 rings (SSSR count). The second-order valence-electron chi connectivity index (χ2n) is 7.18. The number of hydrogen-bond donors (Lipinski definition) is 1. The van der Waals surface area contributed by atoms with Gasteiger partial charge in [0.2, 0.25) is 0 Å². The zero-order valence-corrected chi connectivity index (χ0v) is 14.9. The Morgan fingerprint density at radius 1 is 1.17 bits per heavy atom. The van der Waals surface area contributed by atoms with Crippen molar-refractivity contribution in [2.75, 3.05) is 19.8 Å². The maximum absolute atomic E-state index is 6.07. The predicted octanol–water partition coefficient (Wildman–Crippen LogP) is 3.75. The Morgan fingerprint density at radius 2 is 2.08 bits per heavy atom. The standard InChI is InChI=1S/C21H31NO2/c1-2-3-10-23-11-12-24-21-9-7-17-13-16(4-5-19(17)15-21)18-6-8-20(22)14-18/h2-5,13,18,20-21H,6-12,14-15,22H2,1H3/b3-2+. The molecular weight excluding hydrogens is 298 g/mol. The summed E-state index contributed by atoms with van der Waals surface area (Å²) in [7, 11) is 0. The lowest BCUT2D eigenvalue weighted by Crippen LogP contribution is -2.24. The number of nitrogens with two attached hydrogens (primary N) is 1. The zero-order chi connectivity index (χ0) is 16.8. The minimum atomic E-state index is 0.341. The third-order valence-corrected chi connectivity index (χ3v) is 5.39. The van der Waals surface area contributed by atoms with Crippen LogP contribution in [0.2, 0.25) is 0 Å². The van der Waals surface area contributed by atoms with E-state index in [1.807, 2.05) is 19.1 Å². The van der Waals surface area contributed by atoms with Gasteiger partial charge in [0.25, 0.3) is 0 Å². The Labute approximate surface area is 146 Å². The number of benzene rings is 1. The summed E-state index contributed by atoms with van der Waals surface area (Å²) in [6, 6.07) is 7.49. The SMILES string of the molecule is C/C=C/COCCOC1CCc2cc(C3CCC(N)C3)ccc2C1. The molecule has 1 aromatic rings. The molecule has 0 amide bonds. The molecule has 0 heterocycles. The van der Waals surface area contributed by atoms with Crippen LogP contribution in [-0.2, 0) is 22.3 Å². The summed E-state index contributed by atoms with van der Waals surface area (Å²) in [5, 5.41) is 0. The van der Waals surface area contributed by atoms with Crippen molar-refractivity contribution in [1.82, 2.24) is 0 Å². The molecular formula is C21H31NO2. The molecule has 2 N–H and O–H groups in total. The molecule has 0 aromatic heterocycles. The fourth-order valence-electron chi connectivity index (χ4n) is 3.98. The highest BCUT2D eigenvalue weighted by molar-refractivity contribution is 5.36. The molecule has 0 spiro atoms. The number of hydrogen-bond acceptors (Lipinski definition) is 3. The molecule has 2 aliphatic rings. The van der Waals surface area contributed by atoms with Crippen LogP contribution in [0.25, 0.3) is 0 Å². The van der Waals surface area contributed by atoms with Crippen molar-refractivity contribution >= 4 is 0 Å². The minimum absolute atomic E-state index is 0.341. The molecule has 3 nitrogen and oxygen atoms in total. The smallest absolute Gasteiger partial charge is 0.0704 e. The first-order valence-electron chi connectivity index (χ1n) is 9.44. The van der Waals surface area contributed by atoms with E-state index in [9.17, 15) is 0 Å². The van der Waals surface area contributed by atoms with Gasteiger partial charge in [-0.2, -0.15) is 0 Å². The van der Waals surface area contributed by atoms with Gasteiger partial charge < -0.3 is 15.2 Å². The second-order valence-corrected chi connectivity index (χ2v) is 7.18. The lowest BCUT2D eigenvalue weighted by Gasteiger charge is -2.26. The van der Waals surface area contributed by atoms with Gasteiger partial charge in [-0.1, -0.05) is 30.4 Å². The average Bonchev–Trinajstić information content (AvgIpc) is 3.04. The van der Waals surface area contributed by atoms with Crippen LogP contribution in [0, 0.1) is 0 Å². The number of ether oxygens (including phenoxy) is 2.